The maximum Gasteiger partial charge on any atom is 0.00903 e. The van der Waals surface area contributed by atoms with Gasteiger partial charge < -0.3 is 0 Å². The summed E-state index contributed by atoms with van der Waals surface area (Å²) in [7, 11) is 0. The third-order valence-electron chi connectivity index (χ3n) is 3.99. The first-order chi connectivity index (χ1) is 8.44. The summed E-state index contributed by atoms with van der Waals surface area (Å²) in [6.45, 7) is 7.02. The summed E-state index contributed by atoms with van der Waals surface area (Å²) in [4.78, 5) is 0. The van der Waals surface area contributed by atoms with E-state index in [-0.39, 0.29) is 0 Å². The van der Waals surface area contributed by atoms with Crippen LogP contribution < -0.4 is 0 Å². The zero-order chi connectivity index (χ0) is 13.3. The molecule has 2 aliphatic rings. The third kappa shape index (κ3) is 3.11. The highest BCUT2D eigenvalue weighted by atomic mass is 127. The molecule has 2 heteroatoms. The SMILES string of the molecule is CC/C(I)=C\C=C1/CC(C)(C)C2C=C(I)C=CC12. The Morgan fingerprint density at radius 3 is 2.89 bits per heavy atom. The molecule has 0 aromatic rings. The highest BCUT2D eigenvalue weighted by Crippen LogP contribution is 2.53. The maximum absolute atomic E-state index is 2.46. The van der Waals surface area contributed by atoms with Crippen molar-refractivity contribution in [2.45, 2.75) is 33.6 Å². The van der Waals surface area contributed by atoms with Crippen LogP contribution in [-0.2, 0) is 0 Å². The summed E-state index contributed by atoms with van der Waals surface area (Å²) in [6.07, 6.45) is 14.2. The number of fused-ring (bicyclic) bond motifs is 1. The van der Waals surface area contributed by atoms with Crippen molar-refractivity contribution in [2.24, 2.45) is 17.3 Å². The van der Waals surface area contributed by atoms with E-state index in [1.807, 2.05) is 0 Å². The predicted molar refractivity (Wildman–Crippen MR) is 97.1 cm³/mol. The zero-order valence-electron chi connectivity index (χ0n) is 11.2. The van der Waals surface area contributed by atoms with E-state index in [0.29, 0.717) is 17.3 Å². The molecule has 18 heavy (non-hydrogen) atoms. The van der Waals surface area contributed by atoms with E-state index in [9.17, 15) is 0 Å². The van der Waals surface area contributed by atoms with E-state index in [2.05, 4.69) is 96.3 Å². The van der Waals surface area contributed by atoms with E-state index >= 15 is 0 Å². The van der Waals surface area contributed by atoms with Crippen LogP contribution in [0.3, 0.4) is 0 Å². The number of allylic oxidation sites excluding steroid dienone is 8. The monoisotopic (exact) mass is 466 g/mol. The van der Waals surface area contributed by atoms with Crippen LogP contribution in [0, 0.1) is 17.3 Å². The fourth-order valence-corrected chi connectivity index (χ4v) is 3.73. The number of rotatable bonds is 2. The van der Waals surface area contributed by atoms with Gasteiger partial charge in [-0.25, -0.2) is 0 Å². The van der Waals surface area contributed by atoms with E-state index in [4.69, 9.17) is 0 Å². The van der Waals surface area contributed by atoms with Crippen molar-refractivity contribution >= 4 is 45.2 Å². The molecule has 0 bridgehead atoms. The first kappa shape index (κ1) is 14.8. The minimum atomic E-state index is 0.392. The normalized spacial score (nSPS) is 32.6. The second-order valence-electron chi connectivity index (χ2n) is 5.84. The maximum atomic E-state index is 2.46. The molecule has 0 saturated heterocycles. The lowest BCUT2D eigenvalue weighted by molar-refractivity contribution is 0.288. The quantitative estimate of drug-likeness (QED) is 0.426. The Balaban J connectivity index is 2.30. The molecule has 0 N–H and O–H groups in total. The molecule has 0 radical (unpaired) electrons. The Morgan fingerprint density at radius 1 is 1.50 bits per heavy atom. The molecule has 2 aliphatic carbocycles. The predicted octanol–water partition coefficient (Wildman–Crippen LogP) is 6.19. The van der Waals surface area contributed by atoms with Crippen molar-refractivity contribution in [1.82, 2.24) is 0 Å². The molecule has 0 aromatic heterocycles. The fourth-order valence-electron chi connectivity index (χ4n) is 2.96. The van der Waals surface area contributed by atoms with Gasteiger partial charge in [-0.1, -0.05) is 56.7 Å². The van der Waals surface area contributed by atoms with Crippen molar-refractivity contribution < 1.29 is 0 Å². The van der Waals surface area contributed by atoms with Crippen molar-refractivity contribution in [3.05, 3.63) is 43.1 Å². The highest BCUT2D eigenvalue weighted by molar-refractivity contribution is 14.1. The molecule has 1 fully saturated rings. The van der Waals surface area contributed by atoms with E-state index < -0.39 is 0 Å². The molecular weight excluding hydrogens is 446 g/mol. The van der Waals surface area contributed by atoms with Crippen LogP contribution in [0.5, 0.6) is 0 Å². The molecule has 2 rings (SSSR count). The van der Waals surface area contributed by atoms with Crippen molar-refractivity contribution in [2.75, 3.05) is 0 Å². The number of hydrogen-bond donors (Lipinski definition) is 0. The summed E-state index contributed by atoms with van der Waals surface area (Å²) in [6, 6.07) is 0. The summed E-state index contributed by atoms with van der Waals surface area (Å²) >= 11 is 4.87. The summed E-state index contributed by atoms with van der Waals surface area (Å²) < 4.78 is 2.83. The van der Waals surface area contributed by atoms with E-state index in [1.165, 1.54) is 13.6 Å². The number of hydrogen-bond acceptors (Lipinski definition) is 0. The second kappa shape index (κ2) is 5.81. The fraction of sp³-hybridized carbons (Fsp3) is 0.500. The Hall–Kier alpha value is 0.420. The molecule has 2 unspecified atom stereocenters. The van der Waals surface area contributed by atoms with Crippen LogP contribution in [0.1, 0.15) is 33.6 Å². The molecular formula is C16H20I2. The van der Waals surface area contributed by atoms with Gasteiger partial charge in [-0.3, -0.25) is 0 Å². The van der Waals surface area contributed by atoms with Crippen LogP contribution in [0.15, 0.2) is 43.1 Å². The first-order valence-electron chi connectivity index (χ1n) is 6.54. The van der Waals surface area contributed by atoms with Crippen molar-refractivity contribution in [3.63, 3.8) is 0 Å². The Labute approximate surface area is 138 Å². The average molecular weight is 466 g/mol. The lowest BCUT2D eigenvalue weighted by atomic mass is 9.77. The van der Waals surface area contributed by atoms with Gasteiger partial charge in [0.25, 0.3) is 0 Å². The smallest absolute Gasteiger partial charge is 0.00903 e. The van der Waals surface area contributed by atoms with Gasteiger partial charge in [0, 0.05) is 9.50 Å². The summed E-state index contributed by atoms with van der Waals surface area (Å²) in [5.41, 5.74) is 1.99. The highest BCUT2D eigenvalue weighted by Gasteiger charge is 2.43. The minimum absolute atomic E-state index is 0.392. The van der Waals surface area contributed by atoms with Gasteiger partial charge in [0.1, 0.15) is 0 Å². The van der Waals surface area contributed by atoms with Crippen LogP contribution in [-0.4, -0.2) is 0 Å². The Bertz CT molecular complexity index is 450. The van der Waals surface area contributed by atoms with Gasteiger partial charge in [-0.2, -0.15) is 0 Å². The number of halogens is 2. The van der Waals surface area contributed by atoms with Crippen molar-refractivity contribution in [1.29, 1.82) is 0 Å². The molecule has 98 valence electrons. The van der Waals surface area contributed by atoms with E-state index in [1.54, 1.807) is 5.57 Å². The second-order valence-corrected chi connectivity index (χ2v) is 8.47. The van der Waals surface area contributed by atoms with Crippen molar-refractivity contribution in [3.8, 4) is 0 Å². The Morgan fingerprint density at radius 2 is 2.22 bits per heavy atom. The minimum Gasteiger partial charge on any atom is -0.0757 e. The zero-order valence-corrected chi connectivity index (χ0v) is 15.5. The largest absolute Gasteiger partial charge is 0.0757 e. The summed E-state index contributed by atoms with van der Waals surface area (Å²) in [5.74, 6) is 1.30. The first-order valence-corrected chi connectivity index (χ1v) is 8.70. The Kier molecular flexibility index (Phi) is 4.79. The standard InChI is InChI=1S/C16H20I2/c1-4-12(17)6-5-11-10-16(2,3)15-9-13(18)7-8-14(11)15/h5-9,14-15H,4,10H2,1-3H3/b11-5+,12-6+. The van der Waals surface area contributed by atoms with Crippen LogP contribution >= 0.6 is 45.2 Å². The average Bonchev–Trinajstić information content (AvgIpc) is 2.58. The molecule has 1 saturated carbocycles. The molecule has 0 amide bonds. The molecule has 0 aromatic carbocycles. The molecule has 0 heterocycles. The van der Waals surface area contributed by atoms with Crippen LogP contribution in [0.4, 0.5) is 0 Å². The topological polar surface area (TPSA) is 0 Å². The lowest BCUT2D eigenvalue weighted by Gasteiger charge is -2.28. The van der Waals surface area contributed by atoms with Gasteiger partial charge in [-0.15, -0.1) is 0 Å². The van der Waals surface area contributed by atoms with Gasteiger partial charge >= 0.3 is 0 Å². The third-order valence-corrected chi connectivity index (χ3v) is 5.84. The molecule has 0 aliphatic heterocycles. The van der Waals surface area contributed by atoms with Crippen LogP contribution in [0.2, 0.25) is 0 Å². The van der Waals surface area contributed by atoms with Gasteiger partial charge in [-0.05, 0) is 72.9 Å². The van der Waals surface area contributed by atoms with Crippen LogP contribution in [0.25, 0.3) is 0 Å². The lowest BCUT2D eigenvalue weighted by Crippen LogP contribution is -2.20. The van der Waals surface area contributed by atoms with Gasteiger partial charge in [0.15, 0.2) is 0 Å². The van der Waals surface area contributed by atoms with Gasteiger partial charge in [0.05, 0.1) is 0 Å². The van der Waals surface area contributed by atoms with Gasteiger partial charge in [0.2, 0.25) is 0 Å². The molecule has 2 atom stereocenters. The molecule has 0 spiro atoms. The summed E-state index contributed by atoms with van der Waals surface area (Å²) in [5, 5.41) is 0. The molecule has 0 nitrogen and oxygen atoms in total. The van der Waals surface area contributed by atoms with E-state index in [0.717, 1.165) is 6.42 Å².